The smallest absolute Gasteiger partial charge is 0.309 e. The Balaban J connectivity index is 1.81. The average molecular weight is 293 g/mol. The lowest BCUT2D eigenvalue weighted by Gasteiger charge is -2.18. The number of hydrogen-bond donors (Lipinski definition) is 0. The van der Waals surface area contributed by atoms with Crippen molar-refractivity contribution in [3.05, 3.63) is 47.0 Å². The van der Waals surface area contributed by atoms with Crippen LogP contribution in [0.4, 0.5) is 8.78 Å². The summed E-state index contributed by atoms with van der Waals surface area (Å²) in [4.78, 5) is 3.98. The zero-order valence-corrected chi connectivity index (χ0v) is 11.9. The molecule has 0 aromatic carbocycles. The number of halogens is 2. The summed E-state index contributed by atoms with van der Waals surface area (Å²) in [7, 11) is 1.71. The van der Waals surface area contributed by atoms with Gasteiger partial charge in [-0.05, 0) is 37.8 Å². The zero-order chi connectivity index (χ0) is 14.9. The zero-order valence-electron chi connectivity index (χ0n) is 11.9. The lowest BCUT2D eigenvalue weighted by Crippen LogP contribution is -2.21. The highest BCUT2D eigenvalue weighted by Gasteiger charge is 2.40. The maximum Gasteiger partial charge on any atom is 0.402 e. The van der Waals surface area contributed by atoms with Gasteiger partial charge in [0.05, 0.1) is 12.3 Å². The fourth-order valence-corrected chi connectivity index (χ4v) is 2.72. The first-order valence-corrected chi connectivity index (χ1v) is 7.05. The molecule has 0 atom stereocenters. The molecule has 0 radical (unpaired) electrons. The summed E-state index contributed by atoms with van der Waals surface area (Å²) in [5, 5.41) is 4.00. The van der Waals surface area contributed by atoms with Crippen LogP contribution in [0.3, 0.4) is 0 Å². The van der Waals surface area contributed by atoms with E-state index in [-0.39, 0.29) is 12.3 Å². The molecule has 2 aromatic rings. The maximum absolute atomic E-state index is 14.3. The van der Waals surface area contributed by atoms with Crippen LogP contribution >= 0.6 is 0 Å². The first-order valence-electron chi connectivity index (χ1n) is 7.05. The Kier molecular flexibility index (Phi) is 3.71. The van der Waals surface area contributed by atoms with Gasteiger partial charge in [0.15, 0.2) is 5.69 Å². The van der Waals surface area contributed by atoms with E-state index in [2.05, 4.69) is 10.1 Å². The van der Waals surface area contributed by atoms with Crippen molar-refractivity contribution in [1.29, 1.82) is 0 Å². The minimum Gasteiger partial charge on any atom is -0.309 e. The van der Waals surface area contributed by atoms with Gasteiger partial charge in [-0.1, -0.05) is 6.07 Å². The van der Waals surface area contributed by atoms with Gasteiger partial charge in [-0.2, -0.15) is 13.9 Å². The van der Waals surface area contributed by atoms with Crippen LogP contribution < -0.4 is 0 Å². The molecule has 0 aliphatic heterocycles. The topological polar surface area (TPSA) is 39.9 Å². The van der Waals surface area contributed by atoms with E-state index >= 15 is 0 Å². The maximum atomic E-state index is 14.3. The molecule has 4 nitrogen and oxygen atoms in total. The van der Waals surface area contributed by atoms with Crippen LogP contribution in [0.15, 0.2) is 24.4 Å². The Labute approximate surface area is 121 Å². The summed E-state index contributed by atoms with van der Waals surface area (Å²) in [5.41, 5.74) is 1.78. The van der Waals surface area contributed by atoms with Crippen LogP contribution in [0, 0.1) is 0 Å². The number of aromatic nitrogens is 3. The van der Waals surface area contributed by atoms with Crippen molar-refractivity contribution in [2.75, 3.05) is 0 Å². The minimum absolute atomic E-state index is 0.237. The molecule has 3 rings (SSSR count). The van der Waals surface area contributed by atoms with E-state index in [0.717, 1.165) is 25.0 Å². The van der Waals surface area contributed by atoms with Crippen molar-refractivity contribution in [2.45, 2.75) is 38.4 Å². The fraction of sp³-hybridized carbons (Fsp3) is 0.467. The molecule has 0 fully saturated rings. The Hall–Kier alpha value is -1.82. The van der Waals surface area contributed by atoms with Crippen molar-refractivity contribution in [3.8, 4) is 0 Å². The molecule has 2 aromatic heterocycles. The summed E-state index contributed by atoms with van der Waals surface area (Å²) in [5.74, 6) is 0. The van der Waals surface area contributed by atoms with Crippen LogP contribution in [-0.2, 0) is 37.3 Å². The second kappa shape index (κ2) is 5.52. The van der Waals surface area contributed by atoms with Crippen molar-refractivity contribution in [3.63, 3.8) is 0 Å². The standard InChI is InChI=1S/C15H17F2N3O/c1-20-13-8-3-2-7-12(13)14(19-20)15(16,17)21-10-11-6-4-5-9-18-11/h4-6,9H,2-3,7-8,10H2,1H3. The first-order chi connectivity index (χ1) is 10.1. The van der Waals surface area contributed by atoms with E-state index in [1.807, 2.05) is 0 Å². The predicted molar refractivity (Wildman–Crippen MR) is 72.8 cm³/mol. The molecule has 0 N–H and O–H groups in total. The van der Waals surface area contributed by atoms with Gasteiger partial charge in [-0.25, -0.2) is 0 Å². The van der Waals surface area contributed by atoms with E-state index in [9.17, 15) is 8.78 Å². The molecule has 0 saturated carbocycles. The minimum atomic E-state index is -3.39. The number of aryl methyl sites for hydroxylation is 1. The van der Waals surface area contributed by atoms with Crippen molar-refractivity contribution >= 4 is 0 Å². The summed E-state index contributed by atoms with van der Waals surface area (Å²) < 4.78 is 35.0. The molecule has 1 aliphatic carbocycles. The van der Waals surface area contributed by atoms with E-state index in [0.29, 0.717) is 17.7 Å². The van der Waals surface area contributed by atoms with Gasteiger partial charge in [-0.3, -0.25) is 9.67 Å². The third-order valence-electron chi connectivity index (χ3n) is 3.77. The van der Waals surface area contributed by atoms with Crippen LogP contribution in [0.2, 0.25) is 0 Å². The largest absolute Gasteiger partial charge is 0.402 e. The third-order valence-corrected chi connectivity index (χ3v) is 3.77. The average Bonchev–Trinajstić information content (AvgIpc) is 2.85. The molecule has 6 heteroatoms. The molecule has 0 spiro atoms. The van der Waals surface area contributed by atoms with E-state index in [1.54, 1.807) is 36.1 Å². The summed E-state index contributed by atoms with van der Waals surface area (Å²) >= 11 is 0. The second-order valence-electron chi connectivity index (χ2n) is 5.23. The number of nitrogens with zero attached hydrogens (tertiary/aromatic N) is 3. The number of rotatable bonds is 4. The van der Waals surface area contributed by atoms with Crippen LogP contribution in [-0.4, -0.2) is 14.8 Å². The van der Waals surface area contributed by atoms with E-state index in [1.165, 1.54) is 0 Å². The summed E-state index contributed by atoms with van der Waals surface area (Å²) in [6, 6.07) is 5.13. The van der Waals surface area contributed by atoms with Crippen LogP contribution in [0.25, 0.3) is 0 Å². The quantitative estimate of drug-likeness (QED) is 0.870. The van der Waals surface area contributed by atoms with E-state index < -0.39 is 6.11 Å². The monoisotopic (exact) mass is 293 g/mol. The molecule has 0 unspecified atom stereocenters. The number of ether oxygens (including phenoxy) is 1. The molecular weight excluding hydrogens is 276 g/mol. The van der Waals surface area contributed by atoms with Crippen LogP contribution in [0.5, 0.6) is 0 Å². The van der Waals surface area contributed by atoms with Crippen molar-refractivity contribution in [2.24, 2.45) is 7.05 Å². The lowest BCUT2D eigenvalue weighted by atomic mass is 9.95. The second-order valence-corrected chi connectivity index (χ2v) is 5.23. The molecular formula is C15H17F2N3O. The SMILES string of the molecule is Cn1nc(C(F)(F)OCc2ccccn2)c2c1CCCC2. The van der Waals surface area contributed by atoms with Gasteiger partial charge < -0.3 is 4.74 Å². The van der Waals surface area contributed by atoms with Crippen molar-refractivity contribution in [1.82, 2.24) is 14.8 Å². The molecule has 21 heavy (non-hydrogen) atoms. The number of pyridine rings is 1. The Morgan fingerprint density at radius 3 is 2.86 bits per heavy atom. The number of hydrogen-bond acceptors (Lipinski definition) is 3. The van der Waals surface area contributed by atoms with Gasteiger partial charge in [0.2, 0.25) is 0 Å². The predicted octanol–water partition coefficient (Wildman–Crippen LogP) is 2.96. The van der Waals surface area contributed by atoms with E-state index in [4.69, 9.17) is 4.74 Å². The van der Waals surface area contributed by atoms with Gasteiger partial charge in [0.1, 0.15) is 0 Å². The van der Waals surface area contributed by atoms with Crippen molar-refractivity contribution < 1.29 is 13.5 Å². The first kappa shape index (κ1) is 14.1. The van der Waals surface area contributed by atoms with Gasteiger partial charge in [-0.15, -0.1) is 0 Å². The van der Waals surface area contributed by atoms with Crippen LogP contribution in [0.1, 0.15) is 35.5 Å². The van der Waals surface area contributed by atoms with Gasteiger partial charge in [0.25, 0.3) is 0 Å². The number of fused-ring (bicyclic) bond motifs is 1. The molecule has 1 aliphatic rings. The number of alkyl halides is 2. The highest BCUT2D eigenvalue weighted by Crippen LogP contribution is 2.36. The summed E-state index contributed by atoms with van der Waals surface area (Å²) in [6.45, 7) is -0.237. The van der Waals surface area contributed by atoms with Gasteiger partial charge in [0, 0.05) is 24.5 Å². The molecule has 0 bridgehead atoms. The van der Waals surface area contributed by atoms with Gasteiger partial charge >= 0.3 is 6.11 Å². The highest BCUT2D eigenvalue weighted by atomic mass is 19.3. The Bertz CT molecular complexity index is 625. The Morgan fingerprint density at radius 2 is 2.10 bits per heavy atom. The fourth-order valence-electron chi connectivity index (χ4n) is 2.72. The third kappa shape index (κ3) is 2.81. The highest BCUT2D eigenvalue weighted by molar-refractivity contribution is 5.30. The molecule has 112 valence electrons. The normalized spacial score (nSPS) is 15.0. The summed E-state index contributed by atoms with van der Waals surface area (Å²) in [6.07, 6.45) is 1.55. The lowest BCUT2D eigenvalue weighted by molar-refractivity contribution is -0.259. The molecule has 2 heterocycles. The molecule has 0 amide bonds. The molecule has 0 saturated heterocycles. The Morgan fingerprint density at radius 1 is 1.29 bits per heavy atom.